The highest BCUT2D eigenvalue weighted by Crippen LogP contribution is 2.22. The molecule has 0 radical (unpaired) electrons. The van der Waals surface area contributed by atoms with Gasteiger partial charge >= 0.3 is 0 Å². The Kier molecular flexibility index (Phi) is 4.84. The second kappa shape index (κ2) is 6.61. The van der Waals surface area contributed by atoms with Gasteiger partial charge < -0.3 is 16.4 Å². The maximum Gasteiger partial charge on any atom is 0.251 e. The highest BCUT2D eigenvalue weighted by Gasteiger charge is 2.22. The average molecular weight is 276 g/mol. The maximum atomic E-state index is 11.5. The quantitative estimate of drug-likeness (QED) is 0.713. The summed E-state index contributed by atoms with van der Waals surface area (Å²) in [6, 6.07) is 5.97. The molecule has 110 valence electrons. The van der Waals surface area contributed by atoms with Crippen LogP contribution in [0, 0.1) is 0 Å². The van der Waals surface area contributed by atoms with E-state index in [9.17, 15) is 4.79 Å². The van der Waals surface area contributed by atoms with E-state index in [1.165, 1.54) is 19.4 Å². The molecule has 1 saturated heterocycles. The third-order valence-electron chi connectivity index (χ3n) is 3.97. The monoisotopic (exact) mass is 276 g/mol. The minimum absolute atomic E-state index is 0.115. The first kappa shape index (κ1) is 14.7. The van der Waals surface area contributed by atoms with Gasteiger partial charge in [0.15, 0.2) is 0 Å². The highest BCUT2D eigenvalue weighted by molar-refractivity contribution is 5.95. The molecule has 4 N–H and O–H groups in total. The van der Waals surface area contributed by atoms with Crippen LogP contribution in [0.5, 0.6) is 0 Å². The first-order valence-electron chi connectivity index (χ1n) is 7.25. The molecule has 20 heavy (non-hydrogen) atoms. The summed E-state index contributed by atoms with van der Waals surface area (Å²) in [7, 11) is 1.62. The van der Waals surface area contributed by atoms with Crippen LogP contribution in [0.25, 0.3) is 0 Å². The Morgan fingerprint density at radius 3 is 2.95 bits per heavy atom. The second-order valence-electron chi connectivity index (χ2n) is 5.19. The summed E-state index contributed by atoms with van der Waals surface area (Å²) in [4.78, 5) is 14.0. The van der Waals surface area contributed by atoms with Crippen molar-refractivity contribution in [2.24, 2.45) is 0 Å². The van der Waals surface area contributed by atoms with Crippen LogP contribution in [0.2, 0.25) is 0 Å². The summed E-state index contributed by atoms with van der Waals surface area (Å²) in [5, 5.41) is 6.00. The van der Waals surface area contributed by atoms with Crippen molar-refractivity contribution in [2.45, 2.75) is 25.8 Å². The Bertz CT molecular complexity index is 475. The van der Waals surface area contributed by atoms with E-state index in [0.717, 1.165) is 18.8 Å². The summed E-state index contributed by atoms with van der Waals surface area (Å²) in [5.74, 6) is -0.115. The second-order valence-corrected chi connectivity index (χ2v) is 5.19. The molecule has 5 heteroatoms. The number of nitrogens with one attached hydrogen (secondary N) is 2. The molecule has 1 aromatic rings. The number of nitrogen functional groups attached to an aromatic ring is 1. The third kappa shape index (κ3) is 3.22. The summed E-state index contributed by atoms with van der Waals surface area (Å²) >= 11 is 0. The van der Waals surface area contributed by atoms with Crippen LogP contribution < -0.4 is 16.4 Å². The third-order valence-corrected chi connectivity index (χ3v) is 3.97. The Morgan fingerprint density at radius 1 is 1.50 bits per heavy atom. The van der Waals surface area contributed by atoms with Crippen molar-refractivity contribution in [3.8, 4) is 0 Å². The van der Waals surface area contributed by atoms with Crippen LogP contribution in [-0.4, -0.2) is 43.5 Å². The fourth-order valence-electron chi connectivity index (χ4n) is 2.78. The van der Waals surface area contributed by atoms with Gasteiger partial charge in [0.2, 0.25) is 0 Å². The van der Waals surface area contributed by atoms with Crippen LogP contribution in [0.15, 0.2) is 18.2 Å². The number of benzene rings is 1. The molecule has 0 bridgehead atoms. The van der Waals surface area contributed by atoms with Crippen molar-refractivity contribution >= 4 is 17.3 Å². The SMILES string of the molecule is CCN1CCCC1CNc1ccc(C(=O)NC)cc1N. The molecule has 0 saturated carbocycles. The molecule has 1 aliphatic heterocycles. The molecule has 2 rings (SSSR count). The van der Waals surface area contributed by atoms with Crippen molar-refractivity contribution < 1.29 is 4.79 Å². The number of nitrogens with zero attached hydrogens (tertiary/aromatic N) is 1. The zero-order valence-corrected chi connectivity index (χ0v) is 12.3. The summed E-state index contributed by atoms with van der Waals surface area (Å²) in [6.07, 6.45) is 2.50. The van der Waals surface area contributed by atoms with Crippen LogP contribution in [0.3, 0.4) is 0 Å². The number of carbonyl (C=O) groups is 1. The summed E-state index contributed by atoms with van der Waals surface area (Å²) < 4.78 is 0. The topological polar surface area (TPSA) is 70.4 Å². The molecule has 0 spiro atoms. The lowest BCUT2D eigenvalue weighted by Gasteiger charge is -2.23. The van der Waals surface area contributed by atoms with Crippen molar-refractivity contribution in [1.82, 2.24) is 10.2 Å². The molecule has 1 aromatic carbocycles. The number of hydrogen-bond donors (Lipinski definition) is 3. The number of carbonyl (C=O) groups excluding carboxylic acids is 1. The van der Waals surface area contributed by atoms with Crippen molar-refractivity contribution in [1.29, 1.82) is 0 Å². The first-order chi connectivity index (χ1) is 9.65. The zero-order chi connectivity index (χ0) is 14.5. The van der Waals surface area contributed by atoms with Crippen LogP contribution in [-0.2, 0) is 0 Å². The van der Waals surface area contributed by atoms with Gasteiger partial charge in [0.05, 0.1) is 11.4 Å². The zero-order valence-electron chi connectivity index (χ0n) is 12.3. The lowest BCUT2D eigenvalue weighted by Crippen LogP contribution is -2.34. The molecular weight excluding hydrogens is 252 g/mol. The number of likely N-dealkylation sites (N-methyl/N-ethyl adjacent to an activating group) is 1. The van der Waals surface area contributed by atoms with Gasteiger partial charge in [-0.15, -0.1) is 0 Å². The van der Waals surface area contributed by atoms with Crippen molar-refractivity contribution in [3.05, 3.63) is 23.8 Å². The number of nitrogens with two attached hydrogens (primary N) is 1. The molecule has 1 heterocycles. The standard InChI is InChI=1S/C15H24N4O/c1-3-19-8-4-5-12(19)10-18-14-7-6-11(9-13(14)16)15(20)17-2/h6-7,9,12,18H,3-5,8,10,16H2,1-2H3,(H,17,20). The Morgan fingerprint density at radius 2 is 2.30 bits per heavy atom. The van der Waals surface area contributed by atoms with E-state index in [-0.39, 0.29) is 5.91 Å². The molecule has 1 fully saturated rings. The van der Waals surface area contributed by atoms with Crippen LogP contribution in [0.1, 0.15) is 30.1 Å². The molecular formula is C15H24N4O. The average Bonchev–Trinajstić information content (AvgIpc) is 2.92. The fraction of sp³-hybridized carbons (Fsp3) is 0.533. The van der Waals surface area contributed by atoms with Crippen LogP contribution >= 0.6 is 0 Å². The fourth-order valence-corrected chi connectivity index (χ4v) is 2.78. The van der Waals surface area contributed by atoms with E-state index >= 15 is 0 Å². The molecule has 1 unspecified atom stereocenters. The number of anilines is 2. The van der Waals surface area contributed by atoms with Gasteiger partial charge in [-0.1, -0.05) is 6.92 Å². The smallest absolute Gasteiger partial charge is 0.251 e. The predicted molar refractivity (Wildman–Crippen MR) is 83.0 cm³/mol. The lowest BCUT2D eigenvalue weighted by atomic mass is 10.1. The Balaban J connectivity index is 1.98. The van der Waals surface area contributed by atoms with Gasteiger partial charge in [-0.25, -0.2) is 0 Å². The summed E-state index contributed by atoms with van der Waals surface area (Å²) in [5.41, 5.74) is 8.12. The minimum atomic E-state index is -0.115. The Hall–Kier alpha value is -1.75. The predicted octanol–water partition coefficient (Wildman–Crippen LogP) is 1.52. The number of hydrogen-bond acceptors (Lipinski definition) is 4. The molecule has 1 atom stereocenters. The van der Waals surface area contributed by atoms with E-state index in [0.29, 0.717) is 17.3 Å². The summed E-state index contributed by atoms with van der Waals surface area (Å²) in [6.45, 7) is 5.38. The van der Waals surface area contributed by atoms with Crippen molar-refractivity contribution in [2.75, 3.05) is 37.7 Å². The molecule has 0 aromatic heterocycles. The van der Waals surface area contributed by atoms with Gasteiger partial charge in [-0.05, 0) is 44.1 Å². The normalized spacial score (nSPS) is 19.0. The number of amides is 1. The van der Waals surface area contributed by atoms with Gasteiger partial charge in [0, 0.05) is 25.2 Å². The van der Waals surface area contributed by atoms with Crippen LogP contribution in [0.4, 0.5) is 11.4 Å². The minimum Gasteiger partial charge on any atom is -0.397 e. The van der Waals surface area contributed by atoms with E-state index in [4.69, 9.17) is 5.73 Å². The largest absolute Gasteiger partial charge is 0.397 e. The molecule has 1 aliphatic rings. The van der Waals surface area contributed by atoms with Gasteiger partial charge in [0.25, 0.3) is 5.91 Å². The van der Waals surface area contributed by atoms with E-state index < -0.39 is 0 Å². The number of rotatable bonds is 5. The van der Waals surface area contributed by atoms with Gasteiger partial charge in [-0.3, -0.25) is 9.69 Å². The molecule has 0 aliphatic carbocycles. The van der Waals surface area contributed by atoms with E-state index in [2.05, 4.69) is 22.5 Å². The van der Waals surface area contributed by atoms with Gasteiger partial charge in [0.1, 0.15) is 0 Å². The highest BCUT2D eigenvalue weighted by atomic mass is 16.1. The van der Waals surface area contributed by atoms with E-state index in [1.54, 1.807) is 19.2 Å². The maximum absolute atomic E-state index is 11.5. The molecule has 1 amide bonds. The van der Waals surface area contributed by atoms with E-state index in [1.807, 2.05) is 6.07 Å². The van der Waals surface area contributed by atoms with Gasteiger partial charge in [-0.2, -0.15) is 0 Å². The first-order valence-corrected chi connectivity index (χ1v) is 7.25. The lowest BCUT2D eigenvalue weighted by molar-refractivity contribution is 0.0963. The molecule has 5 nitrogen and oxygen atoms in total. The Labute approximate surface area is 120 Å². The number of likely N-dealkylation sites (tertiary alicyclic amines) is 1. The van der Waals surface area contributed by atoms with Crippen molar-refractivity contribution in [3.63, 3.8) is 0 Å².